The van der Waals surface area contributed by atoms with Gasteiger partial charge in [0.05, 0.1) is 4.92 Å². The van der Waals surface area contributed by atoms with Crippen molar-refractivity contribution >= 4 is 32.0 Å². The van der Waals surface area contributed by atoms with E-state index in [9.17, 15) is 18.5 Å². The van der Waals surface area contributed by atoms with Crippen LogP contribution in [-0.2, 0) is 10.0 Å². The van der Waals surface area contributed by atoms with Crippen molar-refractivity contribution in [3.8, 4) is 0 Å². The summed E-state index contributed by atoms with van der Waals surface area (Å²) in [5, 5.41) is 14.1. The van der Waals surface area contributed by atoms with E-state index in [4.69, 9.17) is 0 Å². The van der Waals surface area contributed by atoms with Gasteiger partial charge in [-0.15, -0.1) is 0 Å². The maximum absolute atomic E-state index is 12.4. The Balaban J connectivity index is 3.08. The van der Waals surface area contributed by atoms with Crippen molar-refractivity contribution in [1.29, 1.82) is 0 Å². The van der Waals surface area contributed by atoms with E-state index >= 15 is 0 Å². The third kappa shape index (κ3) is 4.39. The Labute approximate surface area is 129 Å². The van der Waals surface area contributed by atoms with Crippen LogP contribution in [0, 0.1) is 16.0 Å². The molecule has 7 nitrogen and oxygen atoms in total. The molecule has 0 saturated carbocycles. The number of nitrogens with zero attached hydrogens (tertiary/aromatic N) is 2. The topological polar surface area (TPSA) is 92.6 Å². The molecule has 1 aromatic rings. The van der Waals surface area contributed by atoms with Crippen molar-refractivity contribution in [2.45, 2.75) is 31.4 Å². The summed E-state index contributed by atoms with van der Waals surface area (Å²) in [6, 6.07) is 1.13. The molecule has 0 atom stereocenters. The lowest BCUT2D eigenvalue weighted by Crippen LogP contribution is -2.28. The summed E-state index contributed by atoms with van der Waals surface area (Å²) in [6.07, 6.45) is 0.739. The SMILES string of the molecule is CCNc1sc(S(=O)(=O)N(C)CCC(C)C)cc1[N+](=O)[O-]. The first-order valence-corrected chi connectivity index (χ1v) is 8.94. The van der Waals surface area contributed by atoms with Gasteiger partial charge in [0.25, 0.3) is 10.0 Å². The minimum atomic E-state index is -3.68. The van der Waals surface area contributed by atoms with Crippen molar-refractivity contribution in [1.82, 2.24) is 4.31 Å². The average Bonchev–Trinajstić information content (AvgIpc) is 2.81. The molecule has 21 heavy (non-hydrogen) atoms. The molecule has 0 aliphatic rings. The van der Waals surface area contributed by atoms with Gasteiger partial charge in [0.15, 0.2) is 5.00 Å². The van der Waals surface area contributed by atoms with Gasteiger partial charge in [-0.2, -0.15) is 0 Å². The zero-order chi connectivity index (χ0) is 16.2. The molecule has 0 aromatic carbocycles. The van der Waals surface area contributed by atoms with Gasteiger partial charge in [0.1, 0.15) is 4.21 Å². The summed E-state index contributed by atoms with van der Waals surface area (Å²) in [6.45, 7) is 6.71. The van der Waals surface area contributed by atoms with E-state index in [1.807, 2.05) is 13.8 Å². The molecule has 0 aliphatic carbocycles. The second-order valence-corrected chi connectivity index (χ2v) is 8.40. The van der Waals surface area contributed by atoms with Crippen LogP contribution in [0.4, 0.5) is 10.7 Å². The third-order valence-corrected chi connectivity index (χ3v) is 6.30. The lowest BCUT2D eigenvalue weighted by Gasteiger charge is -2.16. The number of thiophene rings is 1. The minimum Gasteiger partial charge on any atom is -0.372 e. The average molecular weight is 335 g/mol. The summed E-state index contributed by atoms with van der Waals surface area (Å²) in [5.74, 6) is 0.387. The van der Waals surface area contributed by atoms with Gasteiger partial charge < -0.3 is 5.32 Å². The van der Waals surface area contributed by atoms with Crippen LogP contribution in [0.3, 0.4) is 0 Å². The van der Waals surface area contributed by atoms with Crippen LogP contribution in [-0.4, -0.2) is 37.8 Å². The quantitative estimate of drug-likeness (QED) is 0.582. The van der Waals surface area contributed by atoms with Gasteiger partial charge in [-0.25, -0.2) is 12.7 Å². The molecule has 1 heterocycles. The van der Waals surface area contributed by atoms with Crippen LogP contribution in [0.25, 0.3) is 0 Å². The summed E-state index contributed by atoms with van der Waals surface area (Å²) >= 11 is 0.900. The first kappa shape index (κ1) is 17.9. The van der Waals surface area contributed by atoms with E-state index in [2.05, 4.69) is 5.32 Å². The maximum Gasteiger partial charge on any atom is 0.304 e. The second-order valence-electron chi connectivity index (χ2n) is 5.08. The fraction of sp³-hybridized carbons (Fsp3) is 0.667. The van der Waals surface area contributed by atoms with Gasteiger partial charge in [-0.1, -0.05) is 25.2 Å². The largest absolute Gasteiger partial charge is 0.372 e. The van der Waals surface area contributed by atoms with Gasteiger partial charge in [-0.05, 0) is 19.3 Å². The number of hydrogen-bond donors (Lipinski definition) is 1. The zero-order valence-electron chi connectivity index (χ0n) is 12.6. The van der Waals surface area contributed by atoms with Gasteiger partial charge in [0.2, 0.25) is 0 Å². The summed E-state index contributed by atoms with van der Waals surface area (Å²) < 4.78 is 26.1. The van der Waals surface area contributed by atoms with Crippen LogP contribution in [0.1, 0.15) is 27.2 Å². The van der Waals surface area contributed by atoms with Crippen molar-refractivity contribution in [2.75, 3.05) is 25.5 Å². The Morgan fingerprint density at radius 2 is 2.10 bits per heavy atom. The van der Waals surface area contributed by atoms with E-state index in [0.29, 0.717) is 19.0 Å². The molecule has 1 N–H and O–H groups in total. The number of anilines is 1. The molecule has 0 aliphatic heterocycles. The van der Waals surface area contributed by atoms with E-state index in [1.165, 1.54) is 11.4 Å². The van der Waals surface area contributed by atoms with Crippen LogP contribution in [0.5, 0.6) is 0 Å². The predicted molar refractivity (Wildman–Crippen MR) is 84.4 cm³/mol. The van der Waals surface area contributed by atoms with Gasteiger partial charge >= 0.3 is 5.69 Å². The van der Waals surface area contributed by atoms with E-state index in [-0.39, 0.29) is 14.9 Å². The third-order valence-electron chi connectivity index (χ3n) is 2.91. The highest BCUT2D eigenvalue weighted by Gasteiger charge is 2.28. The number of nitrogens with one attached hydrogen (secondary N) is 1. The molecule has 0 spiro atoms. The number of nitro groups is 1. The van der Waals surface area contributed by atoms with Crippen LogP contribution >= 0.6 is 11.3 Å². The van der Waals surface area contributed by atoms with Crippen molar-refractivity contribution in [2.24, 2.45) is 5.92 Å². The fourth-order valence-corrected chi connectivity index (χ4v) is 4.42. The standard InChI is InChI=1S/C12H21N3O4S2/c1-5-13-12-10(15(16)17)8-11(20-12)21(18,19)14(4)7-6-9(2)3/h8-9,13H,5-7H2,1-4H3. The number of rotatable bonds is 8. The van der Waals surface area contributed by atoms with Gasteiger partial charge in [-0.3, -0.25) is 10.1 Å². The van der Waals surface area contributed by atoms with Crippen LogP contribution < -0.4 is 5.32 Å². The predicted octanol–water partition coefficient (Wildman–Crippen LogP) is 2.75. The normalized spacial score (nSPS) is 12.1. The van der Waals surface area contributed by atoms with Gasteiger partial charge in [0, 0.05) is 26.2 Å². The van der Waals surface area contributed by atoms with E-state index in [0.717, 1.165) is 23.8 Å². The van der Waals surface area contributed by atoms with Crippen molar-refractivity contribution < 1.29 is 13.3 Å². The molecule has 9 heteroatoms. The molecular weight excluding hydrogens is 314 g/mol. The second kappa shape index (κ2) is 7.19. The fourth-order valence-electron chi connectivity index (χ4n) is 1.62. The lowest BCUT2D eigenvalue weighted by atomic mass is 10.1. The summed E-state index contributed by atoms with van der Waals surface area (Å²) in [7, 11) is -2.18. The highest BCUT2D eigenvalue weighted by Crippen LogP contribution is 2.37. The van der Waals surface area contributed by atoms with Crippen LogP contribution in [0.15, 0.2) is 10.3 Å². The summed E-state index contributed by atoms with van der Waals surface area (Å²) in [4.78, 5) is 10.4. The molecule has 0 radical (unpaired) electrons. The Kier molecular flexibility index (Phi) is 6.11. The molecule has 120 valence electrons. The first-order chi connectivity index (χ1) is 9.70. The molecule has 0 saturated heterocycles. The molecule has 1 aromatic heterocycles. The van der Waals surface area contributed by atoms with E-state index in [1.54, 1.807) is 6.92 Å². The Hall–Kier alpha value is -1.19. The molecule has 0 fully saturated rings. The van der Waals surface area contributed by atoms with E-state index < -0.39 is 14.9 Å². The monoisotopic (exact) mass is 335 g/mol. The molecule has 0 amide bonds. The highest BCUT2D eigenvalue weighted by molar-refractivity contribution is 7.91. The molecule has 1 rings (SSSR count). The van der Waals surface area contributed by atoms with Crippen LogP contribution in [0.2, 0.25) is 0 Å². The first-order valence-electron chi connectivity index (χ1n) is 6.68. The maximum atomic E-state index is 12.4. The number of sulfonamides is 1. The smallest absolute Gasteiger partial charge is 0.304 e. The summed E-state index contributed by atoms with van der Waals surface area (Å²) in [5.41, 5.74) is -0.197. The van der Waals surface area contributed by atoms with Crippen molar-refractivity contribution in [3.05, 3.63) is 16.2 Å². The Morgan fingerprint density at radius 1 is 1.48 bits per heavy atom. The highest BCUT2D eigenvalue weighted by atomic mass is 32.2. The molecule has 0 unspecified atom stereocenters. The molecule has 0 bridgehead atoms. The van der Waals surface area contributed by atoms with Crippen molar-refractivity contribution in [3.63, 3.8) is 0 Å². The minimum absolute atomic E-state index is 0.00333. The number of hydrogen-bond acceptors (Lipinski definition) is 6. The zero-order valence-corrected chi connectivity index (χ0v) is 14.3. The lowest BCUT2D eigenvalue weighted by molar-refractivity contribution is -0.383. The molecular formula is C12H21N3O4S2. The Bertz CT molecular complexity index is 596. The Morgan fingerprint density at radius 3 is 2.57 bits per heavy atom.